The summed E-state index contributed by atoms with van der Waals surface area (Å²) in [4.78, 5) is 0. The molecule has 102 valence electrons. The van der Waals surface area contributed by atoms with Gasteiger partial charge in [0, 0.05) is 16.9 Å². The average molecular weight is 324 g/mol. The summed E-state index contributed by atoms with van der Waals surface area (Å²) < 4.78 is 37.3. The van der Waals surface area contributed by atoms with E-state index >= 15 is 0 Å². The lowest BCUT2D eigenvalue weighted by atomic mass is 9.99. The first-order valence-corrected chi connectivity index (χ1v) is 6.63. The van der Waals surface area contributed by atoms with Crippen molar-refractivity contribution in [2.24, 2.45) is 0 Å². The molecule has 0 saturated carbocycles. The van der Waals surface area contributed by atoms with E-state index in [1.807, 2.05) is 25.1 Å². The number of nitrogens with one attached hydrogen (secondary N) is 1. The lowest BCUT2D eigenvalue weighted by molar-refractivity contribution is -0.135. The van der Waals surface area contributed by atoms with E-state index in [1.165, 1.54) is 0 Å². The topological polar surface area (TPSA) is 12.0 Å². The molecule has 1 N–H and O–H groups in total. The maximum Gasteiger partial charge on any atom is 0.389 e. The van der Waals surface area contributed by atoms with Crippen LogP contribution in [0.2, 0.25) is 0 Å². The Morgan fingerprint density at radius 1 is 1.33 bits per heavy atom. The average Bonchev–Trinajstić information content (AvgIpc) is 2.27. The molecule has 1 atom stereocenters. The van der Waals surface area contributed by atoms with Gasteiger partial charge in [0.25, 0.3) is 0 Å². The van der Waals surface area contributed by atoms with E-state index < -0.39 is 12.6 Å². The third-order valence-corrected chi connectivity index (χ3v) is 3.55. The summed E-state index contributed by atoms with van der Waals surface area (Å²) in [6.07, 6.45) is -4.19. The fourth-order valence-electron chi connectivity index (χ4n) is 1.89. The van der Waals surface area contributed by atoms with E-state index in [1.54, 1.807) is 7.05 Å². The van der Waals surface area contributed by atoms with Gasteiger partial charge >= 0.3 is 6.18 Å². The standard InChI is InChI=1S/C13H17BrF3N/c1-9-5-6-11(14)10(8-9)12(18-2)4-3-7-13(15,16)17/h5-6,8,12,18H,3-4,7H2,1-2H3. The molecule has 0 aliphatic heterocycles. The van der Waals surface area contributed by atoms with Crippen molar-refractivity contribution in [1.82, 2.24) is 5.32 Å². The van der Waals surface area contributed by atoms with Crippen LogP contribution in [0.25, 0.3) is 0 Å². The van der Waals surface area contributed by atoms with E-state index in [2.05, 4.69) is 21.2 Å². The highest BCUT2D eigenvalue weighted by molar-refractivity contribution is 9.10. The molecular weight excluding hydrogens is 307 g/mol. The Bertz CT molecular complexity index is 390. The van der Waals surface area contributed by atoms with Crippen LogP contribution in [0.5, 0.6) is 0 Å². The first kappa shape index (κ1) is 15.5. The van der Waals surface area contributed by atoms with Gasteiger partial charge in [0.1, 0.15) is 0 Å². The predicted molar refractivity (Wildman–Crippen MR) is 70.6 cm³/mol. The van der Waals surface area contributed by atoms with Gasteiger partial charge in [0.15, 0.2) is 0 Å². The predicted octanol–water partition coefficient (Wildman–Crippen LogP) is 4.75. The molecule has 0 saturated heterocycles. The van der Waals surface area contributed by atoms with Crippen LogP contribution in [-0.4, -0.2) is 13.2 Å². The molecule has 1 nitrogen and oxygen atoms in total. The second kappa shape index (κ2) is 6.57. The summed E-state index contributed by atoms with van der Waals surface area (Å²) in [5.74, 6) is 0. The molecule has 1 aromatic rings. The van der Waals surface area contributed by atoms with Crippen LogP contribution < -0.4 is 5.32 Å². The molecule has 0 aliphatic rings. The van der Waals surface area contributed by atoms with E-state index in [0.29, 0.717) is 6.42 Å². The molecule has 0 aliphatic carbocycles. The van der Waals surface area contributed by atoms with Crippen molar-refractivity contribution >= 4 is 15.9 Å². The first-order chi connectivity index (χ1) is 8.33. The molecule has 0 radical (unpaired) electrons. The minimum absolute atomic E-state index is 0.0541. The van der Waals surface area contributed by atoms with Crippen molar-refractivity contribution in [3.63, 3.8) is 0 Å². The second-order valence-corrected chi connectivity index (χ2v) is 5.23. The zero-order chi connectivity index (χ0) is 13.8. The molecule has 0 bridgehead atoms. The minimum atomic E-state index is -4.07. The van der Waals surface area contributed by atoms with Crippen LogP contribution in [-0.2, 0) is 0 Å². The van der Waals surface area contributed by atoms with Crippen LogP contribution in [0.4, 0.5) is 13.2 Å². The molecule has 5 heteroatoms. The lowest BCUT2D eigenvalue weighted by Crippen LogP contribution is -2.18. The van der Waals surface area contributed by atoms with Crippen LogP contribution in [0.15, 0.2) is 22.7 Å². The molecule has 1 rings (SSSR count). The molecular formula is C13H17BrF3N. The van der Waals surface area contributed by atoms with Crippen molar-refractivity contribution in [3.05, 3.63) is 33.8 Å². The number of hydrogen-bond donors (Lipinski definition) is 1. The zero-order valence-corrected chi connectivity index (χ0v) is 12.0. The molecule has 1 unspecified atom stereocenters. The number of benzene rings is 1. The van der Waals surface area contributed by atoms with Gasteiger partial charge in [-0.25, -0.2) is 0 Å². The molecule has 0 amide bonds. The van der Waals surface area contributed by atoms with Gasteiger partial charge < -0.3 is 5.32 Å². The number of aryl methyl sites for hydroxylation is 1. The monoisotopic (exact) mass is 323 g/mol. The molecule has 0 aromatic heterocycles. The number of hydrogen-bond acceptors (Lipinski definition) is 1. The maximum atomic E-state index is 12.1. The van der Waals surface area contributed by atoms with Crippen molar-refractivity contribution in [2.45, 2.75) is 38.4 Å². The van der Waals surface area contributed by atoms with Crippen LogP contribution >= 0.6 is 15.9 Å². The fourth-order valence-corrected chi connectivity index (χ4v) is 2.42. The first-order valence-electron chi connectivity index (χ1n) is 5.83. The quantitative estimate of drug-likeness (QED) is 0.824. The van der Waals surface area contributed by atoms with Crippen molar-refractivity contribution < 1.29 is 13.2 Å². The Morgan fingerprint density at radius 2 is 2.00 bits per heavy atom. The van der Waals surface area contributed by atoms with Crippen LogP contribution in [0.3, 0.4) is 0 Å². The molecule has 0 heterocycles. The van der Waals surface area contributed by atoms with E-state index in [9.17, 15) is 13.2 Å². The highest BCUT2D eigenvalue weighted by atomic mass is 79.9. The van der Waals surface area contributed by atoms with Crippen molar-refractivity contribution in [3.8, 4) is 0 Å². The summed E-state index contributed by atoms with van der Waals surface area (Å²) >= 11 is 3.44. The number of rotatable bonds is 5. The largest absolute Gasteiger partial charge is 0.389 e. The Kier molecular flexibility index (Phi) is 5.66. The summed E-state index contributed by atoms with van der Waals surface area (Å²) in [6, 6.07) is 5.84. The van der Waals surface area contributed by atoms with Crippen LogP contribution in [0, 0.1) is 6.92 Å². The van der Waals surface area contributed by atoms with E-state index in [4.69, 9.17) is 0 Å². The molecule has 0 spiro atoms. The third-order valence-electron chi connectivity index (χ3n) is 2.83. The van der Waals surface area contributed by atoms with Gasteiger partial charge in [-0.3, -0.25) is 0 Å². The Morgan fingerprint density at radius 3 is 2.56 bits per heavy atom. The van der Waals surface area contributed by atoms with Gasteiger partial charge in [-0.05, 0) is 38.4 Å². The summed E-state index contributed by atoms with van der Waals surface area (Å²) in [7, 11) is 1.77. The van der Waals surface area contributed by atoms with Gasteiger partial charge in [0.2, 0.25) is 0 Å². The fraction of sp³-hybridized carbons (Fsp3) is 0.538. The highest BCUT2D eigenvalue weighted by Crippen LogP contribution is 2.30. The zero-order valence-electron chi connectivity index (χ0n) is 10.4. The Balaban J connectivity index is 2.68. The highest BCUT2D eigenvalue weighted by Gasteiger charge is 2.27. The van der Waals surface area contributed by atoms with E-state index in [0.717, 1.165) is 15.6 Å². The van der Waals surface area contributed by atoms with Crippen molar-refractivity contribution in [1.29, 1.82) is 0 Å². The summed E-state index contributed by atoms with van der Waals surface area (Å²) in [5.41, 5.74) is 2.11. The summed E-state index contributed by atoms with van der Waals surface area (Å²) in [6.45, 7) is 1.97. The minimum Gasteiger partial charge on any atom is -0.313 e. The van der Waals surface area contributed by atoms with Gasteiger partial charge in [-0.15, -0.1) is 0 Å². The van der Waals surface area contributed by atoms with Crippen LogP contribution in [0.1, 0.15) is 36.4 Å². The number of alkyl halides is 3. The maximum absolute atomic E-state index is 12.1. The molecule has 1 aromatic carbocycles. The van der Waals surface area contributed by atoms with Gasteiger partial charge in [-0.2, -0.15) is 13.2 Å². The third kappa shape index (κ3) is 4.98. The van der Waals surface area contributed by atoms with Gasteiger partial charge in [-0.1, -0.05) is 33.6 Å². The molecule has 18 heavy (non-hydrogen) atoms. The second-order valence-electron chi connectivity index (χ2n) is 4.37. The SMILES string of the molecule is CNC(CCCC(F)(F)F)c1cc(C)ccc1Br. The smallest absolute Gasteiger partial charge is 0.313 e. The number of halogens is 4. The Labute approximate surface area is 114 Å². The Hall–Kier alpha value is -0.550. The molecule has 0 fully saturated rings. The summed E-state index contributed by atoms with van der Waals surface area (Å²) in [5, 5.41) is 3.08. The van der Waals surface area contributed by atoms with Gasteiger partial charge in [0.05, 0.1) is 0 Å². The normalized spacial score (nSPS) is 13.7. The van der Waals surface area contributed by atoms with Crippen molar-refractivity contribution in [2.75, 3.05) is 7.05 Å². The lowest BCUT2D eigenvalue weighted by Gasteiger charge is -2.19. The van der Waals surface area contributed by atoms with E-state index in [-0.39, 0.29) is 12.5 Å².